The van der Waals surface area contributed by atoms with Gasteiger partial charge in [-0.2, -0.15) is 0 Å². The second-order valence-electron chi connectivity index (χ2n) is 14.1. The van der Waals surface area contributed by atoms with Crippen LogP contribution in [0.1, 0.15) is 55.0 Å². The third-order valence-corrected chi connectivity index (χ3v) is 9.44. The van der Waals surface area contributed by atoms with Crippen LogP contribution in [-0.4, -0.2) is 82.3 Å². The number of aromatic hydroxyl groups is 2. The first-order valence-corrected chi connectivity index (χ1v) is 19.1. The highest BCUT2D eigenvalue weighted by Gasteiger charge is 2.22. The normalized spacial score (nSPS) is 13.8. The molecule has 0 unspecified atom stereocenters. The number of fused-ring (bicyclic) bond motifs is 1. The number of aliphatic hydroxyl groups is 2. The van der Waals surface area contributed by atoms with Crippen LogP contribution in [0.2, 0.25) is 0 Å². The van der Waals surface area contributed by atoms with Crippen LogP contribution in [0.4, 0.5) is 0 Å². The van der Waals surface area contributed by atoms with Gasteiger partial charge < -0.3 is 35.0 Å². The van der Waals surface area contributed by atoms with E-state index in [0.29, 0.717) is 25.9 Å². The van der Waals surface area contributed by atoms with Crippen LogP contribution in [-0.2, 0) is 35.3 Å². The number of phenols is 2. The molecule has 0 aliphatic carbocycles. The van der Waals surface area contributed by atoms with Crippen LogP contribution in [0.25, 0.3) is 0 Å². The molecule has 0 bridgehead atoms. The quantitative estimate of drug-likeness (QED) is 0.0403. The molecule has 3 aromatic carbocycles. The van der Waals surface area contributed by atoms with Crippen molar-refractivity contribution in [2.75, 3.05) is 39.8 Å². The number of nitrogens with zero attached hydrogens (tertiary/aromatic N) is 2. The van der Waals surface area contributed by atoms with Crippen LogP contribution in [0, 0.1) is 12.8 Å². The van der Waals surface area contributed by atoms with Gasteiger partial charge in [-0.25, -0.2) is 0 Å². The molecule has 0 spiro atoms. The van der Waals surface area contributed by atoms with Gasteiger partial charge in [0.05, 0.1) is 13.0 Å². The molecule has 8 nitrogen and oxygen atoms in total. The maximum atomic E-state index is 13.4. The van der Waals surface area contributed by atoms with Crippen molar-refractivity contribution in [3.63, 3.8) is 0 Å². The number of benzene rings is 3. The van der Waals surface area contributed by atoms with Crippen molar-refractivity contribution in [1.29, 1.82) is 0 Å². The SMILES string of the molecule is C=C(O)/C=C(\C)[C@H](CN(CC/C(C)=C/CO)C(=O)Cc1ccc(CC=O)cc1)C(=C)/C=C\C=C/C.CN1CCc2cc(O)c(O)cc2CC1.Cc1ccccc1. The van der Waals surface area contributed by atoms with Gasteiger partial charge in [0, 0.05) is 38.5 Å². The van der Waals surface area contributed by atoms with Gasteiger partial charge in [0.15, 0.2) is 11.5 Å². The maximum absolute atomic E-state index is 13.4. The smallest absolute Gasteiger partial charge is 0.227 e. The molecule has 3 aromatic rings. The molecule has 1 heterocycles. The third-order valence-electron chi connectivity index (χ3n) is 9.44. The molecule has 4 N–H and O–H groups in total. The van der Waals surface area contributed by atoms with E-state index < -0.39 is 0 Å². The van der Waals surface area contributed by atoms with Gasteiger partial charge in [-0.05, 0) is 100 Å². The molecule has 1 atom stereocenters. The Bertz CT molecular complexity index is 1790. The molecular weight excluding hydrogens is 701 g/mol. The molecule has 0 aromatic heterocycles. The second kappa shape index (κ2) is 25.6. The number of hydrogen-bond donors (Lipinski definition) is 4. The molecule has 1 aliphatic heterocycles. The number of likely N-dealkylation sites (N-methyl/N-ethyl adjacent to an activating group) is 1. The van der Waals surface area contributed by atoms with Crippen molar-refractivity contribution in [2.24, 2.45) is 5.92 Å². The first-order valence-electron chi connectivity index (χ1n) is 19.1. The largest absolute Gasteiger partial charge is 0.509 e. The van der Waals surface area contributed by atoms with Crippen LogP contribution in [0.3, 0.4) is 0 Å². The fourth-order valence-corrected chi connectivity index (χ4v) is 6.00. The minimum Gasteiger partial charge on any atom is -0.509 e. The van der Waals surface area contributed by atoms with Gasteiger partial charge in [-0.3, -0.25) is 4.79 Å². The van der Waals surface area contributed by atoms with E-state index in [1.165, 1.54) is 5.56 Å². The molecule has 56 heavy (non-hydrogen) atoms. The third kappa shape index (κ3) is 17.8. The number of aryl methyl sites for hydroxylation is 1. The Morgan fingerprint density at radius 3 is 2.02 bits per heavy atom. The number of aliphatic hydroxyl groups excluding tert-OH is 2. The lowest BCUT2D eigenvalue weighted by Crippen LogP contribution is -2.38. The minimum absolute atomic E-state index is 0.00620. The van der Waals surface area contributed by atoms with E-state index in [1.54, 1.807) is 24.3 Å². The zero-order valence-electron chi connectivity index (χ0n) is 34.0. The standard InChI is InChI=1S/C30H39NO4.C11H15NO2.C7H8/c1-6-7-8-9-24(3)29(25(4)20-26(5)34)22-31(17-14-23(2)15-18-32)30(35)21-28-12-10-27(11-13-28)16-19-33;1-12-4-2-8-6-10(13)11(14)7-9(8)3-5-12;1-7-5-3-2-4-6-7/h6-13,15,19-20,29,32,34H,3,5,14,16-18,21-22H2,1-2,4H3;6-7,13-14H,2-5H2,1H3;2-6H,1H3/b7-6-,9-8-,23-15+,25-20+;;/t29-;;/m1../s1. The lowest BCUT2D eigenvalue weighted by atomic mass is 9.90. The van der Waals surface area contributed by atoms with Gasteiger partial charge in [-0.15, -0.1) is 0 Å². The van der Waals surface area contributed by atoms with Crippen molar-refractivity contribution in [1.82, 2.24) is 9.80 Å². The Hall–Kier alpha value is -5.44. The van der Waals surface area contributed by atoms with Gasteiger partial charge in [0.1, 0.15) is 12.0 Å². The highest BCUT2D eigenvalue weighted by Crippen LogP contribution is 2.30. The first kappa shape index (κ1) is 46.7. The molecule has 0 fully saturated rings. The number of carbonyl (C=O) groups excluding carboxylic acids is 2. The Balaban J connectivity index is 0.000000412. The molecule has 0 saturated carbocycles. The van der Waals surface area contributed by atoms with Crippen LogP contribution >= 0.6 is 0 Å². The number of rotatable bonds is 15. The number of amides is 1. The monoisotopic (exact) mass is 762 g/mol. The van der Waals surface area contributed by atoms with Crippen LogP contribution < -0.4 is 0 Å². The van der Waals surface area contributed by atoms with E-state index in [0.717, 1.165) is 71.2 Å². The van der Waals surface area contributed by atoms with Crippen molar-refractivity contribution >= 4 is 12.2 Å². The Labute approximate surface area is 334 Å². The molecule has 0 saturated heterocycles. The topological polar surface area (TPSA) is 122 Å². The van der Waals surface area contributed by atoms with E-state index in [-0.39, 0.29) is 42.1 Å². The lowest BCUT2D eigenvalue weighted by Gasteiger charge is -2.29. The molecule has 1 amide bonds. The predicted octanol–water partition coefficient (Wildman–Crippen LogP) is 8.57. The molecule has 8 heteroatoms. The van der Waals surface area contributed by atoms with E-state index in [4.69, 9.17) is 0 Å². The average Bonchev–Trinajstić information content (AvgIpc) is 3.33. The summed E-state index contributed by atoms with van der Waals surface area (Å²) in [6, 6.07) is 21.1. The van der Waals surface area contributed by atoms with Crippen molar-refractivity contribution < 1.29 is 30.0 Å². The highest BCUT2D eigenvalue weighted by molar-refractivity contribution is 5.79. The predicted molar refractivity (Wildman–Crippen MR) is 230 cm³/mol. The zero-order chi connectivity index (χ0) is 41.5. The number of aldehydes is 1. The van der Waals surface area contributed by atoms with E-state index >= 15 is 0 Å². The Morgan fingerprint density at radius 2 is 1.52 bits per heavy atom. The fourth-order valence-electron chi connectivity index (χ4n) is 6.00. The van der Waals surface area contributed by atoms with Crippen LogP contribution in [0.5, 0.6) is 11.5 Å². The molecule has 1 aliphatic rings. The van der Waals surface area contributed by atoms with E-state index in [1.807, 2.05) is 92.4 Å². The molecular formula is C48H62N2O6. The van der Waals surface area contributed by atoms with Gasteiger partial charge >= 0.3 is 0 Å². The van der Waals surface area contributed by atoms with Crippen molar-refractivity contribution in [3.05, 3.63) is 167 Å². The van der Waals surface area contributed by atoms with E-state index in [9.17, 15) is 30.0 Å². The number of allylic oxidation sites excluding steroid dienone is 5. The Kier molecular flexibility index (Phi) is 21.4. The summed E-state index contributed by atoms with van der Waals surface area (Å²) in [5, 5.41) is 37.7. The summed E-state index contributed by atoms with van der Waals surface area (Å²) >= 11 is 0. The van der Waals surface area contributed by atoms with Gasteiger partial charge in [-0.1, -0.05) is 115 Å². The summed E-state index contributed by atoms with van der Waals surface area (Å²) in [6.45, 7) is 18.5. The first-order chi connectivity index (χ1) is 26.8. The maximum Gasteiger partial charge on any atom is 0.227 e. The number of phenolic OH excluding ortho intramolecular Hbond substituents is 2. The minimum atomic E-state index is -0.207. The zero-order valence-corrected chi connectivity index (χ0v) is 34.0. The van der Waals surface area contributed by atoms with Crippen molar-refractivity contribution in [2.45, 2.75) is 59.8 Å². The summed E-state index contributed by atoms with van der Waals surface area (Å²) in [7, 11) is 2.09. The van der Waals surface area contributed by atoms with Crippen molar-refractivity contribution in [3.8, 4) is 11.5 Å². The summed E-state index contributed by atoms with van der Waals surface area (Å²) in [5.41, 5.74) is 8.09. The number of hydrogen-bond acceptors (Lipinski definition) is 7. The number of carbonyl (C=O) groups is 2. The summed E-state index contributed by atoms with van der Waals surface area (Å²) in [5.74, 6) is -0.299. The van der Waals surface area contributed by atoms with Gasteiger partial charge in [0.2, 0.25) is 5.91 Å². The second-order valence-corrected chi connectivity index (χ2v) is 14.1. The average molecular weight is 763 g/mol. The Morgan fingerprint density at radius 1 is 0.929 bits per heavy atom. The van der Waals surface area contributed by atoms with Gasteiger partial charge in [0.25, 0.3) is 0 Å². The molecule has 0 radical (unpaired) electrons. The summed E-state index contributed by atoms with van der Waals surface area (Å²) < 4.78 is 0. The highest BCUT2D eigenvalue weighted by atomic mass is 16.3. The molecule has 4 rings (SSSR count). The van der Waals surface area contributed by atoms with Crippen LogP contribution in [0.15, 0.2) is 139 Å². The van der Waals surface area contributed by atoms with E-state index in [2.05, 4.69) is 44.2 Å². The summed E-state index contributed by atoms with van der Waals surface area (Å²) in [6.07, 6.45) is 14.9. The lowest BCUT2D eigenvalue weighted by molar-refractivity contribution is -0.130. The summed E-state index contributed by atoms with van der Waals surface area (Å²) in [4.78, 5) is 28.2. The fraction of sp³-hybridized carbons (Fsp3) is 0.333. The molecule has 300 valence electrons.